The topological polar surface area (TPSA) is 106 Å². The van der Waals surface area contributed by atoms with E-state index in [2.05, 4.69) is 25.6 Å². The average Bonchev–Trinajstić information content (AvgIpc) is 2.78. The van der Waals surface area contributed by atoms with E-state index in [1.54, 1.807) is 6.07 Å². The van der Waals surface area contributed by atoms with Crippen LogP contribution in [0.15, 0.2) is 16.8 Å². The summed E-state index contributed by atoms with van der Waals surface area (Å²) >= 11 is 0. The zero-order chi connectivity index (χ0) is 12.3. The Morgan fingerprint density at radius 1 is 1.35 bits per heavy atom. The van der Waals surface area contributed by atoms with Gasteiger partial charge in [0.15, 0.2) is 5.52 Å². The third kappa shape index (κ3) is 2.16. The molecule has 0 aliphatic heterocycles. The maximum absolute atomic E-state index is 10.8. The summed E-state index contributed by atoms with van der Waals surface area (Å²) < 4.78 is 4.54. The van der Waals surface area contributed by atoms with Crippen LogP contribution >= 0.6 is 0 Å². The first kappa shape index (κ1) is 11.3. The minimum absolute atomic E-state index is 0.111. The molecule has 0 amide bonds. The molecule has 2 aromatic rings. The van der Waals surface area contributed by atoms with Gasteiger partial charge in [-0.3, -0.25) is 10.1 Å². The molecule has 1 heterocycles. The highest BCUT2D eigenvalue weighted by atomic mass is 16.6. The summed E-state index contributed by atoms with van der Waals surface area (Å²) in [5, 5.41) is 24.0. The summed E-state index contributed by atoms with van der Waals surface area (Å²) in [5.74, 6) is 0. The van der Waals surface area contributed by atoms with Crippen molar-refractivity contribution in [3.05, 3.63) is 22.2 Å². The van der Waals surface area contributed by atoms with Crippen LogP contribution < -0.4 is 10.6 Å². The monoisotopic (exact) mass is 237 g/mol. The van der Waals surface area contributed by atoms with Gasteiger partial charge in [0.2, 0.25) is 5.52 Å². The molecule has 0 spiro atoms. The van der Waals surface area contributed by atoms with Crippen molar-refractivity contribution in [1.82, 2.24) is 15.6 Å². The Hall–Kier alpha value is -2.22. The first-order valence-corrected chi connectivity index (χ1v) is 5.02. The van der Waals surface area contributed by atoms with E-state index < -0.39 is 4.92 Å². The Balaban J connectivity index is 2.36. The van der Waals surface area contributed by atoms with Gasteiger partial charge in [0.05, 0.1) is 10.6 Å². The number of fused-ring (bicyclic) bond motifs is 1. The lowest BCUT2D eigenvalue weighted by Gasteiger charge is -2.05. The number of non-ortho nitro benzene ring substituents is 1. The molecule has 0 aliphatic rings. The van der Waals surface area contributed by atoms with Crippen molar-refractivity contribution < 1.29 is 9.55 Å². The molecular weight excluding hydrogens is 226 g/mol. The molecule has 17 heavy (non-hydrogen) atoms. The van der Waals surface area contributed by atoms with Gasteiger partial charge in [0.1, 0.15) is 0 Å². The number of hydrogen-bond donors (Lipinski definition) is 2. The van der Waals surface area contributed by atoms with E-state index in [4.69, 9.17) is 0 Å². The second-order valence-corrected chi connectivity index (χ2v) is 3.38. The number of nitro benzene ring substituents is 1. The summed E-state index contributed by atoms with van der Waals surface area (Å²) in [4.78, 5) is 10.2. The van der Waals surface area contributed by atoms with Crippen molar-refractivity contribution >= 4 is 22.4 Å². The molecule has 0 fully saturated rings. The van der Waals surface area contributed by atoms with E-state index in [-0.39, 0.29) is 11.2 Å². The Kier molecular flexibility index (Phi) is 3.15. The van der Waals surface area contributed by atoms with Crippen LogP contribution in [-0.2, 0) is 0 Å². The lowest BCUT2D eigenvalue weighted by molar-refractivity contribution is -0.383. The quantitative estimate of drug-likeness (QED) is 0.449. The Bertz CT molecular complexity index is 538. The van der Waals surface area contributed by atoms with Crippen molar-refractivity contribution in [3.8, 4) is 0 Å². The molecule has 0 saturated carbocycles. The highest BCUT2D eigenvalue weighted by Gasteiger charge is 2.19. The molecule has 8 heteroatoms. The fourth-order valence-electron chi connectivity index (χ4n) is 1.47. The normalized spacial score (nSPS) is 10.6. The predicted molar refractivity (Wildman–Crippen MR) is 60.9 cm³/mol. The highest BCUT2D eigenvalue weighted by molar-refractivity contribution is 5.93. The summed E-state index contributed by atoms with van der Waals surface area (Å²) in [5.41, 5.74) is 1.09. The summed E-state index contributed by atoms with van der Waals surface area (Å²) in [7, 11) is 1.84. The van der Waals surface area contributed by atoms with Crippen LogP contribution in [0.25, 0.3) is 11.0 Å². The molecule has 90 valence electrons. The highest BCUT2D eigenvalue weighted by Crippen LogP contribution is 2.28. The van der Waals surface area contributed by atoms with Crippen molar-refractivity contribution in [3.63, 3.8) is 0 Å². The average molecular weight is 237 g/mol. The molecule has 1 aromatic carbocycles. The largest absolute Gasteiger partial charge is 0.382 e. The third-order valence-corrected chi connectivity index (χ3v) is 2.28. The molecule has 0 atom stereocenters. The summed E-state index contributed by atoms with van der Waals surface area (Å²) in [6, 6.07) is 2.98. The zero-order valence-corrected chi connectivity index (χ0v) is 9.14. The Labute approximate surface area is 96.1 Å². The van der Waals surface area contributed by atoms with Crippen LogP contribution in [0.1, 0.15) is 0 Å². The molecule has 0 saturated heterocycles. The van der Waals surface area contributed by atoms with Gasteiger partial charge in [-0.25, -0.2) is 4.63 Å². The van der Waals surface area contributed by atoms with E-state index in [9.17, 15) is 10.1 Å². The third-order valence-electron chi connectivity index (χ3n) is 2.28. The van der Waals surface area contributed by atoms with Crippen LogP contribution in [0.5, 0.6) is 0 Å². The maximum Gasteiger partial charge on any atom is 0.300 e. The second kappa shape index (κ2) is 4.74. The summed E-state index contributed by atoms with van der Waals surface area (Å²) in [6.07, 6.45) is 0. The minimum Gasteiger partial charge on any atom is -0.382 e. The second-order valence-electron chi connectivity index (χ2n) is 3.38. The number of rotatable bonds is 5. The van der Waals surface area contributed by atoms with Gasteiger partial charge in [0, 0.05) is 19.2 Å². The molecule has 0 unspecified atom stereocenters. The predicted octanol–water partition coefficient (Wildman–Crippen LogP) is 0.762. The number of nitrogens with one attached hydrogen (secondary N) is 2. The standard InChI is InChI=1S/C9H11N5O3/c1-10-4-5-11-6-2-3-7(14(15)16)9-8(6)12-17-13-9/h2-3,10-11H,4-5H2,1H3. The van der Waals surface area contributed by atoms with Gasteiger partial charge >= 0.3 is 5.69 Å². The number of aromatic nitrogens is 2. The molecule has 2 N–H and O–H groups in total. The van der Waals surface area contributed by atoms with E-state index in [1.165, 1.54) is 6.07 Å². The van der Waals surface area contributed by atoms with Gasteiger partial charge in [-0.2, -0.15) is 0 Å². The molecule has 8 nitrogen and oxygen atoms in total. The van der Waals surface area contributed by atoms with Crippen molar-refractivity contribution in [2.75, 3.05) is 25.5 Å². The van der Waals surface area contributed by atoms with Gasteiger partial charge < -0.3 is 10.6 Å². The van der Waals surface area contributed by atoms with Crippen LogP contribution in [0, 0.1) is 10.1 Å². The number of likely N-dealkylation sites (N-methyl/N-ethyl adjacent to an activating group) is 1. The van der Waals surface area contributed by atoms with Crippen LogP contribution in [0.2, 0.25) is 0 Å². The smallest absolute Gasteiger partial charge is 0.300 e. The lowest BCUT2D eigenvalue weighted by atomic mass is 10.2. The van der Waals surface area contributed by atoms with Crippen molar-refractivity contribution in [2.45, 2.75) is 0 Å². The van der Waals surface area contributed by atoms with E-state index in [0.717, 1.165) is 6.54 Å². The summed E-state index contributed by atoms with van der Waals surface area (Å²) in [6.45, 7) is 1.44. The Morgan fingerprint density at radius 3 is 2.82 bits per heavy atom. The molecule has 0 radical (unpaired) electrons. The molecule has 2 rings (SSSR count). The fourth-order valence-corrected chi connectivity index (χ4v) is 1.47. The van der Waals surface area contributed by atoms with Crippen LogP contribution in [-0.4, -0.2) is 35.4 Å². The SMILES string of the molecule is CNCCNc1ccc([N+](=O)[O-])c2nonc12. The molecule has 0 aliphatic carbocycles. The van der Waals surface area contributed by atoms with Gasteiger partial charge in [-0.1, -0.05) is 0 Å². The number of nitro groups is 1. The molecule has 0 bridgehead atoms. The Morgan fingerprint density at radius 2 is 2.12 bits per heavy atom. The van der Waals surface area contributed by atoms with Gasteiger partial charge in [-0.15, -0.1) is 0 Å². The van der Waals surface area contributed by atoms with Crippen molar-refractivity contribution in [1.29, 1.82) is 0 Å². The van der Waals surface area contributed by atoms with Gasteiger partial charge in [0.25, 0.3) is 0 Å². The van der Waals surface area contributed by atoms with E-state index in [0.29, 0.717) is 17.7 Å². The van der Waals surface area contributed by atoms with E-state index in [1.807, 2.05) is 7.05 Å². The van der Waals surface area contributed by atoms with Gasteiger partial charge in [-0.05, 0) is 23.4 Å². The fraction of sp³-hybridized carbons (Fsp3) is 0.333. The number of benzene rings is 1. The lowest BCUT2D eigenvalue weighted by Crippen LogP contribution is -2.17. The zero-order valence-electron chi connectivity index (χ0n) is 9.14. The first-order chi connectivity index (χ1) is 8.24. The van der Waals surface area contributed by atoms with Crippen molar-refractivity contribution in [2.24, 2.45) is 0 Å². The molecular formula is C9H11N5O3. The number of nitrogens with zero attached hydrogens (tertiary/aromatic N) is 3. The first-order valence-electron chi connectivity index (χ1n) is 5.02. The van der Waals surface area contributed by atoms with E-state index >= 15 is 0 Å². The number of hydrogen-bond acceptors (Lipinski definition) is 7. The minimum atomic E-state index is -0.510. The van der Waals surface area contributed by atoms with Crippen LogP contribution in [0.4, 0.5) is 11.4 Å². The number of anilines is 1. The molecule has 1 aromatic heterocycles. The van der Waals surface area contributed by atoms with Crippen LogP contribution in [0.3, 0.4) is 0 Å². The maximum atomic E-state index is 10.8.